The molecule has 0 aliphatic rings. The Balaban J connectivity index is 4.18. The van der Waals surface area contributed by atoms with Gasteiger partial charge in [0.25, 0.3) is 0 Å². The first kappa shape index (κ1) is 17.1. The Labute approximate surface area is 116 Å². The van der Waals surface area contributed by atoms with Gasteiger partial charge in [-0.2, -0.15) is 8.78 Å². The number of carbonyl (C=O) groups excluding carboxylic acids is 1. The van der Waals surface area contributed by atoms with Crippen molar-refractivity contribution in [2.24, 2.45) is 0 Å². The highest BCUT2D eigenvalue weighted by atomic mass is 127. The molecule has 0 bridgehead atoms. The number of esters is 1. The first-order valence-corrected chi connectivity index (χ1v) is 6.98. The fourth-order valence-corrected chi connectivity index (χ4v) is 2.55. The normalized spacial score (nSPS) is 15.4. The lowest BCUT2D eigenvalue weighted by Gasteiger charge is -2.26. The van der Waals surface area contributed by atoms with E-state index < -0.39 is 21.7 Å². The molecule has 5 heteroatoms. The third-order valence-electron chi connectivity index (χ3n) is 2.63. The summed E-state index contributed by atoms with van der Waals surface area (Å²) in [6.07, 6.45) is 4.46. The number of carbonyl (C=O) groups is 1. The highest BCUT2D eigenvalue weighted by molar-refractivity contribution is 14.1. The van der Waals surface area contributed by atoms with Crippen molar-refractivity contribution in [2.45, 2.75) is 61.7 Å². The fraction of sp³-hybridized carbons (Fsp3) is 0.917. The fourth-order valence-electron chi connectivity index (χ4n) is 1.69. The maximum absolute atomic E-state index is 13.4. The van der Waals surface area contributed by atoms with Crippen LogP contribution in [-0.4, -0.2) is 22.4 Å². The summed E-state index contributed by atoms with van der Waals surface area (Å²) >= 11 is 2.01. The summed E-state index contributed by atoms with van der Waals surface area (Å²) in [6.45, 7) is 3.87. The standard InChI is InChI=1S/C12H21F2IO2/c1-4-5-6-7-8-11(2,15)9-12(13,14)10(16)17-3/h4-9H2,1-3H3. The average Bonchev–Trinajstić information content (AvgIpc) is 2.21. The summed E-state index contributed by atoms with van der Waals surface area (Å²) < 4.78 is 30.4. The number of hydrogen-bond acceptors (Lipinski definition) is 2. The summed E-state index contributed by atoms with van der Waals surface area (Å²) in [5, 5.41) is 0. The lowest BCUT2D eigenvalue weighted by atomic mass is 9.96. The van der Waals surface area contributed by atoms with Crippen LogP contribution in [0, 0.1) is 0 Å². The van der Waals surface area contributed by atoms with Crippen molar-refractivity contribution in [2.75, 3.05) is 7.11 Å². The molecule has 0 aromatic carbocycles. The van der Waals surface area contributed by atoms with Gasteiger partial charge in [-0.05, 0) is 6.42 Å². The number of methoxy groups -OCH3 is 1. The van der Waals surface area contributed by atoms with Gasteiger partial charge >= 0.3 is 11.9 Å². The topological polar surface area (TPSA) is 26.3 Å². The van der Waals surface area contributed by atoms with E-state index in [1.54, 1.807) is 6.92 Å². The molecule has 0 saturated carbocycles. The molecule has 0 aliphatic heterocycles. The van der Waals surface area contributed by atoms with Crippen molar-refractivity contribution in [3.05, 3.63) is 0 Å². The van der Waals surface area contributed by atoms with Gasteiger partial charge in [0.1, 0.15) is 0 Å². The molecule has 0 aromatic rings. The highest BCUT2D eigenvalue weighted by Gasteiger charge is 2.45. The zero-order valence-electron chi connectivity index (χ0n) is 10.7. The maximum Gasteiger partial charge on any atom is 0.376 e. The Morgan fingerprint density at radius 2 is 1.88 bits per heavy atom. The molecule has 0 N–H and O–H groups in total. The van der Waals surface area contributed by atoms with Crippen LogP contribution in [-0.2, 0) is 9.53 Å². The molecule has 0 aromatic heterocycles. The van der Waals surface area contributed by atoms with E-state index in [-0.39, 0.29) is 0 Å². The molecule has 1 unspecified atom stereocenters. The Kier molecular flexibility index (Phi) is 7.51. The summed E-state index contributed by atoms with van der Waals surface area (Å²) in [6, 6.07) is 0. The predicted molar refractivity (Wildman–Crippen MR) is 72.8 cm³/mol. The second kappa shape index (κ2) is 7.48. The summed E-state index contributed by atoms with van der Waals surface area (Å²) in [5.74, 6) is -4.82. The Morgan fingerprint density at radius 1 is 1.29 bits per heavy atom. The van der Waals surface area contributed by atoms with Crippen LogP contribution < -0.4 is 0 Å². The van der Waals surface area contributed by atoms with Crippen LogP contribution in [0.15, 0.2) is 0 Å². The van der Waals surface area contributed by atoms with Crippen LogP contribution in [0.5, 0.6) is 0 Å². The number of hydrogen-bond donors (Lipinski definition) is 0. The Hall–Kier alpha value is 0.0600. The van der Waals surface area contributed by atoms with Gasteiger partial charge in [0.2, 0.25) is 0 Å². The zero-order valence-corrected chi connectivity index (χ0v) is 12.9. The lowest BCUT2D eigenvalue weighted by Crippen LogP contribution is -2.36. The molecular formula is C12H21F2IO2. The molecule has 0 rings (SSSR count). The van der Waals surface area contributed by atoms with E-state index in [2.05, 4.69) is 11.7 Å². The average molecular weight is 362 g/mol. The number of rotatable bonds is 8. The summed E-state index contributed by atoms with van der Waals surface area (Å²) in [7, 11) is 0.988. The minimum Gasteiger partial charge on any atom is -0.465 e. The van der Waals surface area contributed by atoms with E-state index in [0.29, 0.717) is 6.42 Å². The van der Waals surface area contributed by atoms with E-state index in [1.807, 2.05) is 22.6 Å². The SMILES string of the molecule is CCCCCCC(C)(I)CC(F)(F)C(=O)OC. The zero-order chi connectivity index (χ0) is 13.5. The number of ether oxygens (including phenoxy) is 1. The van der Waals surface area contributed by atoms with Crippen LogP contribution in [0.4, 0.5) is 8.78 Å². The largest absolute Gasteiger partial charge is 0.465 e. The second-order valence-corrected chi connectivity index (χ2v) is 7.20. The lowest BCUT2D eigenvalue weighted by molar-refractivity contribution is -0.170. The van der Waals surface area contributed by atoms with Crippen molar-refractivity contribution in [1.29, 1.82) is 0 Å². The van der Waals surface area contributed by atoms with Crippen molar-refractivity contribution in [1.82, 2.24) is 0 Å². The first-order valence-electron chi connectivity index (χ1n) is 5.90. The monoisotopic (exact) mass is 362 g/mol. The van der Waals surface area contributed by atoms with Gasteiger partial charge in [-0.15, -0.1) is 0 Å². The number of unbranched alkanes of at least 4 members (excludes halogenated alkanes) is 3. The van der Waals surface area contributed by atoms with Crippen molar-refractivity contribution in [3.63, 3.8) is 0 Å². The molecule has 0 saturated heterocycles. The van der Waals surface area contributed by atoms with E-state index >= 15 is 0 Å². The summed E-state index contributed by atoms with van der Waals surface area (Å²) in [5.41, 5.74) is 0. The van der Waals surface area contributed by atoms with Crippen molar-refractivity contribution in [3.8, 4) is 0 Å². The molecule has 0 heterocycles. The third-order valence-corrected chi connectivity index (χ3v) is 3.55. The molecule has 0 aliphatic carbocycles. The van der Waals surface area contributed by atoms with Gasteiger partial charge in [0.05, 0.1) is 7.11 Å². The number of alkyl halides is 3. The molecule has 0 radical (unpaired) electrons. The van der Waals surface area contributed by atoms with Gasteiger partial charge in [-0.1, -0.05) is 62.1 Å². The molecule has 0 spiro atoms. The molecule has 1 atom stereocenters. The minimum atomic E-state index is -3.38. The van der Waals surface area contributed by atoms with Gasteiger partial charge in [0, 0.05) is 9.84 Å². The van der Waals surface area contributed by atoms with E-state index in [4.69, 9.17) is 0 Å². The van der Waals surface area contributed by atoms with E-state index in [9.17, 15) is 13.6 Å². The Bertz CT molecular complexity index is 243. The van der Waals surface area contributed by atoms with Crippen molar-refractivity contribution < 1.29 is 18.3 Å². The van der Waals surface area contributed by atoms with E-state index in [0.717, 1.165) is 32.8 Å². The maximum atomic E-state index is 13.4. The Morgan fingerprint density at radius 3 is 2.35 bits per heavy atom. The second-order valence-electron chi connectivity index (χ2n) is 4.60. The highest BCUT2D eigenvalue weighted by Crippen LogP contribution is 2.37. The molecule has 2 nitrogen and oxygen atoms in total. The molecular weight excluding hydrogens is 341 g/mol. The molecule has 0 amide bonds. The van der Waals surface area contributed by atoms with Gasteiger partial charge in [0.15, 0.2) is 0 Å². The van der Waals surface area contributed by atoms with Crippen LogP contribution >= 0.6 is 22.6 Å². The van der Waals surface area contributed by atoms with Crippen LogP contribution in [0.1, 0.15) is 52.4 Å². The van der Waals surface area contributed by atoms with Crippen LogP contribution in [0.3, 0.4) is 0 Å². The molecule has 0 fully saturated rings. The van der Waals surface area contributed by atoms with Gasteiger partial charge < -0.3 is 4.74 Å². The predicted octanol–water partition coefficient (Wildman–Crippen LogP) is 4.35. The molecule has 102 valence electrons. The van der Waals surface area contributed by atoms with Gasteiger partial charge in [-0.3, -0.25) is 0 Å². The quantitative estimate of drug-likeness (QED) is 0.278. The third kappa shape index (κ3) is 7.16. The summed E-state index contributed by atoms with van der Waals surface area (Å²) in [4.78, 5) is 10.9. The first-order chi connectivity index (χ1) is 7.75. The minimum absolute atomic E-state index is 0.459. The number of halogens is 3. The van der Waals surface area contributed by atoms with Crippen LogP contribution in [0.2, 0.25) is 0 Å². The van der Waals surface area contributed by atoms with Gasteiger partial charge in [-0.25, -0.2) is 4.79 Å². The van der Waals surface area contributed by atoms with Crippen LogP contribution in [0.25, 0.3) is 0 Å². The van der Waals surface area contributed by atoms with E-state index in [1.165, 1.54) is 0 Å². The van der Waals surface area contributed by atoms with Crippen molar-refractivity contribution >= 4 is 28.6 Å². The smallest absolute Gasteiger partial charge is 0.376 e. The molecule has 17 heavy (non-hydrogen) atoms.